The number of nitrogens with zero attached hydrogens (tertiary/aromatic N) is 2. The number of hydrogen-bond acceptors (Lipinski definition) is 5. The molecule has 29 heavy (non-hydrogen) atoms. The van der Waals surface area contributed by atoms with E-state index in [1.807, 2.05) is 6.07 Å². The molecule has 2 aromatic rings. The fourth-order valence-corrected chi connectivity index (χ4v) is 4.18. The van der Waals surface area contributed by atoms with Crippen molar-refractivity contribution < 1.29 is 9.59 Å². The van der Waals surface area contributed by atoms with E-state index in [1.54, 1.807) is 24.3 Å². The van der Waals surface area contributed by atoms with Crippen LogP contribution in [0.5, 0.6) is 0 Å². The SMILES string of the molecule is N#Cc1cc2c(nc1SCC(=O)Nc1ccccc1C(=O)NC1CC1)CCCC2. The van der Waals surface area contributed by atoms with Gasteiger partial charge in [-0.15, -0.1) is 0 Å². The van der Waals surface area contributed by atoms with Gasteiger partial charge in [0.05, 0.1) is 22.6 Å². The second-order valence-corrected chi connectivity index (χ2v) is 8.36. The van der Waals surface area contributed by atoms with Gasteiger partial charge in [-0.3, -0.25) is 9.59 Å². The zero-order valence-electron chi connectivity index (χ0n) is 16.0. The summed E-state index contributed by atoms with van der Waals surface area (Å²) in [6, 6.07) is 11.4. The summed E-state index contributed by atoms with van der Waals surface area (Å²) < 4.78 is 0. The average Bonchev–Trinajstić information content (AvgIpc) is 3.55. The lowest BCUT2D eigenvalue weighted by Gasteiger charge is -2.16. The highest BCUT2D eigenvalue weighted by molar-refractivity contribution is 8.00. The monoisotopic (exact) mass is 406 g/mol. The van der Waals surface area contributed by atoms with E-state index in [4.69, 9.17) is 0 Å². The number of para-hydroxylation sites is 1. The Morgan fingerprint density at radius 1 is 1.21 bits per heavy atom. The van der Waals surface area contributed by atoms with Crippen LogP contribution < -0.4 is 10.6 Å². The number of nitriles is 1. The van der Waals surface area contributed by atoms with Crippen LogP contribution >= 0.6 is 11.8 Å². The Balaban J connectivity index is 1.42. The molecule has 0 radical (unpaired) electrons. The van der Waals surface area contributed by atoms with Gasteiger partial charge in [-0.05, 0) is 62.3 Å². The minimum atomic E-state index is -0.231. The van der Waals surface area contributed by atoms with Gasteiger partial charge in [-0.25, -0.2) is 4.98 Å². The van der Waals surface area contributed by atoms with Crippen LogP contribution in [0, 0.1) is 11.3 Å². The highest BCUT2D eigenvalue weighted by Gasteiger charge is 2.25. The van der Waals surface area contributed by atoms with Crippen LogP contribution in [0.3, 0.4) is 0 Å². The molecule has 0 bridgehead atoms. The first-order valence-electron chi connectivity index (χ1n) is 9.89. The minimum absolute atomic E-state index is 0.124. The molecule has 2 amide bonds. The van der Waals surface area contributed by atoms with E-state index >= 15 is 0 Å². The van der Waals surface area contributed by atoms with Crippen LogP contribution in [-0.4, -0.2) is 28.6 Å². The van der Waals surface area contributed by atoms with E-state index in [9.17, 15) is 14.9 Å². The first-order chi connectivity index (χ1) is 14.1. The molecule has 7 heteroatoms. The number of benzene rings is 1. The Bertz CT molecular complexity index is 995. The Hall–Kier alpha value is -2.85. The lowest BCUT2D eigenvalue weighted by atomic mass is 9.95. The van der Waals surface area contributed by atoms with Gasteiger partial charge < -0.3 is 10.6 Å². The van der Waals surface area contributed by atoms with Crippen LogP contribution in [0.25, 0.3) is 0 Å². The van der Waals surface area contributed by atoms with Crippen molar-refractivity contribution in [3.05, 3.63) is 52.7 Å². The number of hydrogen-bond donors (Lipinski definition) is 2. The maximum absolute atomic E-state index is 12.5. The predicted molar refractivity (Wildman–Crippen MR) is 112 cm³/mol. The third kappa shape index (κ3) is 4.77. The number of aromatic nitrogens is 1. The zero-order chi connectivity index (χ0) is 20.2. The number of carbonyl (C=O) groups excluding carboxylic acids is 2. The Morgan fingerprint density at radius 2 is 2.00 bits per heavy atom. The summed E-state index contributed by atoms with van der Waals surface area (Å²) in [7, 11) is 0. The summed E-state index contributed by atoms with van der Waals surface area (Å²) in [4.78, 5) is 29.5. The largest absolute Gasteiger partial charge is 0.349 e. The predicted octanol–water partition coefficient (Wildman–Crippen LogP) is 3.46. The van der Waals surface area contributed by atoms with E-state index in [0.29, 0.717) is 21.8 Å². The van der Waals surface area contributed by atoms with E-state index in [0.717, 1.165) is 49.8 Å². The molecule has 0 atom stereocenters. The van der Waals surface area contributed by atoms with Crippen LogP contribution in [0.4, 0.5) is 5.69 Å². The van der Waals surface area contributed by atoms with Gasteiger partial charge in [0.15, 0.2) is 0 Å². The molecule has 2 N–H and O–H groups in total. The molecule has 0 unspecified atom stereocenters. The van der Waals surface area contributed by atoms with Crippen molar-refractivity contribution in [2.75, 3.05) is 11.1 Å². The highest BCUT2D eigenvalue weighted by atomic mass is 32.2. The molecular formula is C22H22N4O2S. The first-order valence-corrected chi connectivity index (χ1v) is 10.9. The van der Waals surface area contributed by atoms with E-state index in [2.05, 4.69) is 21.7 Å². The average molecular weight is 407 g/mol. The number of nitrogens with one attached hydrogen (secondary N) is 2. The number of amides is 2. The van der Waals surface area contributed by atoms with Crippen molar-refractivity contribution in [1.82, 2.24) is 10.3 Å². The lowest BCUT2D eigenvalue weighted by molar-refractivity contribution is -0.113. The van der Waals surface area contributed by atoms with Gasteiger partial charge in [0.1, 0.15) is 11.1 Å². The number of pyridine rings is 1. The lowest BCUT2D eigenvalue weighted by Crippen LogP contribution is -2.27. The molecule has 1 aromatic heterocycles. The van der Waals surface area contributed by atoms with Gasteiger partial charge in [-0.2, -0.15) is 5.26 Å². The first kappa shape index (κ1) is 19.5. The quantitative estimate of drug-likeness (QED) is 0.717. The summed E-state index contributed by atoms with van der Waals surface area (Å²) in [6.45, 7) is 0. The van der Waals surface area contributed by atoms with Gasteiger partial charge in [0.2, 0.25) is 5.91 Å². The molecule has 0 aliphatic heterocycles. The smallest absolute Gasteiger partial charge is 0.253 e. The van der Waals surface area contributed by atoms with Crippen LogP contribution in [0.1, 0.15) is 52.9 Å². The number of aryl methyl sites for hydroxylation is 2. The van der Waals surface area contributed by atoms with E-state index in [-0.39, 0.29) is 23.6 Å². The normalized spacial score (nSPS) is 15.1. The highest BCUT2D eigenvalue weighted by Crippen LogP contribution is 2.27. The number of carbonyl (C=O) groups is 2. The Kier molecular flexibility index (Phi) is 5.81. The summed E-state index contributed by atoms with van der Waals surface area (Å²) in [6.07, 6.45) is 6.13. The van der Waals surface area contributed by atoms with Crippen molar-refractivity contribution in [1.29, 1.82) is 5.26 Å². The van der Waals surface area contributed by atoms with Crippen molar-refractivity contribution in [3.8, 4) is 6.07 Å². The molecule has 148 valence electrons. The van der Waals surface area contributed by atoms with Crippen LogP contribution in [0.15, 0.2) is 35.4 Å². The number of rotatable bonds is 6. The van der Waals surface area contributed by atoms with Gasteiger partial charge in [0, 0.05) is 11.7 Å². The van der Waals surface area contributed by atoms with Gasteiger partial charge in [-0.1, -0.05) is 23.9 Å². The summed E-state index contributed by atoms with van der Waals surface area (Å²) in [5.41, 5.74) is 3.67. The number of thioether (sulfide) groups is 1. The van der Waals surface area contributed by atoms with Crippen molar-refractivity contribution in [2.24, 2.45) is 0 Å². The second kappa shape index (κ2) is 8.66. The third-order valence-corrected chi connectivity index (χ3v) is 6.08. The zero-order valence-corrected chi connectivity index (χ0v) is 16.8. The molecule has 4 rings (SSSR count). The van der Waals surface area contributed by atoms with Crippen molar-refractivity contribution in [3.63, 3.8) is 0 Å². The second-order valence-electron chi connectivity index (χ2n) is 7.40. The molecule has 1 heterocycles. The summed E-state index contributed by atoms with van der Waals surface area (Å²) in [5.74, 6) is -0.275. The minimum Gasteiger partial charge on any atom is -0.349 e. The fourth-order valence-electron chi connectivity index (χ4n) is 3.41. The molecule has 6 nitrogen and oxygen atoms in total. The molecule has 2 aliphatic rings. The maximum atomic E-state index is 12.5. The number of fused-ring (bicyclic) bond motifs is 1. The molecule has 1 saturated carbocycles. The van der Waals surface area contributed by atoms with Gasteiger partial charge in [0.25, 0.3) is 5.91 Å². The van der Waals surface area contributed by atoms with E-state index in [1.165, 1.54) is 11.8 Å². The van der Waals surface area contributed by atoms with Crippen molar-refractivity contribution >= 4 is 29.3 Å². The fraction of sp³-hybridized carbons (Fsp3) is 0.364. The third-order valence-electron chi connectivity index (χ3n) is 5.08. The molecule has 2 aliphatic carbocycles. The maximum Gasteiger partial charge on any atom is 0.253 e. The number of anilines is 1. The molecule has 0 saturated heterocycles. The topological polar surface area (TPSA) is 94.9 Å². The molecule has 0 spiro atoms. The standard InChI is InChI=1S/C22H22N4O2S/c23-12-15-11-14-5-1-3-7-18(14)26-22(15)29-13-20(27)25-19-8-4-2-6-17(19)21(28)24-16-9-10-16/h2,4,6,8,11,16H,1,3,5,7,9-10,13H2,(H,24,28)(H,25,27). The van der Waals surface area contributed by atoms with Gasteiger partial charge >= 0.3 is 0 Å². The van der Waals surface area contributed by atoms with Crippen molar-refractivity contribution in [2.45, 2.75) is 49.6 Å². The molecular weight excluding hydrogens is 384 g/mol. The summed E-state index contributed by atoms with van der Waals surface area (Å²) >= 11 is 1.26. The van der Waals surface area contributed by atoms with Crippen LogP contribution in [-0.2, 0) is 17.6 Å². The molecule has 1 aromatic carbocycles. The Labute approximate surface area is 174 Å². The Morgan fingerprint density at radius 3 is 2.79 bits per heavy atom. The van der Waals surface area contributed by atoms with E-state index < -0.39 is 0 Å². The summed E-state index contributed by atoms with van der Waals surface area (Å²) in [5, 5.41) is 15.8. The van der Waals surface area contributed by atoms with Crippen LogP contribution in [0.2, 0.25) is 0 Å². The molecule has 1 fully saturated rings.